The average Bonchev–Trinajstić information content (AvgIpc) is 2.98. The minimum Gasteiger partial charge on any atom is -0.493 e. The Labute approximate surface area is 266 Å². The number of carbonyl (C=O) groups is 2. The van der Waals surface area contributed by atoms with Crippen molar-refractivity contribution in [3.63, 3.8) is 0 Å². The quantitative estimate of drug-likeness (QED) is 0.147. The van der Waals surface area contributed by atoms with Crippen molar-refractivity contribution in [1.82, 2.24) is 0 Å². The van der Waals surface area contributed by atoms with Gasteiger partial charge in [-0.05, 0) is 30.2 Å². The van der Waals surface area contributed by atoms with Gasteiger partial charge in [-0.3, -0.25) is 4.79 Å². The van der Waals surface area contributed by atoms with Gasteiger partial charge in [-0.1, -0.05) is 24.3 Å². The summed E-state index contributed by atoms with van der Waals surface area (Å²) in [6.07, 6.45) is 1.26. The molecular weight excluding hydrogens is 766 g/mol. The van der Waals surface area contributed by atoms with Crippen LogP contribution in [-0.4, -0.2) is 79.6 Å². The minimum atomic E-state index is -0.659. The Kier molecular flexibility index (Phi) is 15.3. The first-order valence-corrected chi connectivity index (χ1v) is 14.3. The standard InChI is InChI=1S/C21H21IO6.C7H13IO5/c1-13-16(21(22)24)11-17(25-2)20(19(13)27-4)28-12-15-7-5-14(6-8-15)9-10-18(23)26-3;1-11-6-2-4(10)7(13-8)5(3-9)12-6/h5-11H,12H2,1-4H3;4-7,9-10H,2-3H2,1H3/b10-9+;/t;4-,5-,6+,7+/m.1/s1. The summed E-state index contributed by atoms with van der Waals surface area (Å²) in [6, 6.07) is 9.19. The zero-order valence-corrected chi connectivity index (χ0v) is 27.6. The largest absolute Gasteiger partial charge is 0.493 e. The molecule has 13 heteroatoms. The third-order valence-corrected chi connectivity index (χ3v) is 7.28. The maximum absolute atomic E-state index is 11.8. The Morgan fingerprint density at radius 2 is 1.78 bits per heavy atom. The third kappa shape index (κ3) is 10.0. The Bertz CT molecular complexity index is 1170. The average molecular weight is 800 g/mol. The lowest BCUT2D eigenvalue weighted by atomic mass is 10.0. The van der Waals surface area contributed by atoms with Crippen LogP contribution < -0.4 is 14.2 Å². The molecule has 1 fully saturated rings. The van der Waals surface area contributed by atoms with Gasteiger partial charge in [0.05, 0.1) is 34.0 Å². The van der Waals surface area contributed by atoms with Crippen molar-refractivity contribution in [3.8, 4) is 17.2 Å². The molecule has 0 bridgehead atoms. The molecule has 0 spiro atoms. The predicted octanol–water partition coefficient (Wildman–Crippen LogP) is 4.19. The molecule has 1 aliphatic rings. The van der Waals surface area contributed by atoms with Gasteiger partial charge in [0.2, 0.25) is 9.54 Å². The second-order valence-electron chi connectivity index (χ2n) is 8.65. The molecule has 2 N–H and O–H groups in total. The van der Waals surface area contributed by atoms with Crippen LogP contribution in [0.25, 0.3) is 6.08 Å². The van der Waals surface area contributed by atoms with E-state index in [0.717, 1.165) is 11.1 Å². The number of benzene rings is 2. The summed E-state index contributed by atoms with van der Waals surface area (Å²) < 4.78 is 36.5. The van der Waals surface area contributed by atoms with Crippen LogP contribution in [0.5, 0.6) is 17.2 Å². The van der Waals surface area contributed by atoms with Gasteiger partial charge in [0.15, 0.2) is 17.8 Å². The summed E-state index contributed by atoms with van der Waals surface area (Å²) in [6.45, 7) is 1.90. The lowest BCUT2D eigenvalue weighted by molar-refractivity contribution is -0.238. The highest BCUT2D eigenvalue weighted by Gasteiger charge is 2.38. The van der Waals surface area contributed by atoms with E-state index in [4.69, 9.17) is 31.9 Å². The summed E-state index contributed by atoms with van der Waals surface area (Å²) >= 11 is 3.42. The summed E-state index contributed by atoms with van der Waals surface area (Å²) in [5.74, 6) is 0.936. The minimum absolute atomic E-state index is 0.103. The van der Waals surface area contributed by atoms with E-state index >= 15 is 0 Å². The molecule has 1 heterocycles. The number of rotatable bonds is 11. The number of hydrogen-bond acceptors (Lipinski definition) is 11. The van der Waals surface area contributed by atoms with Crippen LogP contribution in [-0.2, 0) is 28.7 Å². The van der Waals surface area contributed by atoms with Crippen molar-refractivity contribution in [2.45, 2.75) is 44.6 Å². The van der Waals surface area contributed by atoms with Gasteiger partial charge in [0.1, 0.15) is 41.8 Å². The van der Waals surface area contributed by atoms with Crippen molar-refractivity contribution < 1.29 is 51.3 Å². The van der Waals surface area contributed by atoms with E-state index in [1.165, 1.54) is 34.5 Å². The van der Waals surface area contributed by atoms with Crippen molar-refractivity contribution in [2.24, 2.45) is 0 Å². The fourth-order valence-electron chi connectivity index (χ4n) is 3.88. The number of ether oxygens (including phenoxy) is 6. The Morgan fingerprint density at radius 3 is 2.29 bits per heavy atom. The monoisotopic (exact) mass is 800 g/mol. The molecule has 0 amide bonds. The van der Waals surface area contributed by atoms with Gasteiger partial charge in [-0.2, -0.15) is 0 Å². The van der Waals surface area contributed by atoms with E-state index in [0.29, 0.717) is 34.8 Å². The normalized spacial score (nSPS) is 20.1. The van der Waals surface area contributed by atoms with E-state index in [-0.39, 0.29) is 17.0 Å². The van der Waals surface area contributed by atoms with Gasteiger partial charge in [-0.15, -0.1) is 0 Å². The third-order valence-electron chi connectivity index (χ3n) is 6.11. The number of hydrogen-bond donors (Lipinski definition) is 2. The number of halogens is 2. The molecule has 41 heavy (non-hydrogen) atoms. The number of aliphatic hydroxyl groups excluding tert-OH is 2. The van der Waals surface area contributed by atoms with Gasteiger partial charge in [0, 0.05) is 53.3 Å². The molecule has 0 unspecified atom stereocenters. The Hall–Kier alpha value is -2.02. The van der Waals surface area contributed by atoms with Crippen LogP contribution >= 0.6 is 45.6 Å². The van der Waals surface area contributed by atoms with Gasteiger partial charge in [0.25, 0.3) is 0 Å². The summed E-state index contributed by atoms with van der Waals surface area (Å²) in [4.78, 5) is 23.0. The van der Waals surface area contributed by atoms with Gasteiger partial charge in [-0.25, -0.2) is 4.79 Å². The smallest absolute Gasteiger partial charge is 0.330 e. The molecular formula is C28H34I2O11. The molecule has 1 saturated heterocycles. The van der Waals surface area contributed by atoms with Crippen LogP contribution in [0.2, 0.25) is 0 Å². The lowest BCUT2D eigenvalue weighted by Gasteiger charge is -2.36. The molecule has 1 aliphatic heterocycles. The van der Waals surface area contributed by atoms with Gasteiger partial charge < -0.3 is 41.7 Å². The second-order valence-corrected chi connectivity index (χ2v) is 10.1. The topological polar surface area (TPSA) is 139 Å². The summed E-state index contributed by atoms with van der Waals surface area (Å²) in [7, 11) is 5.87. The highest BCUT2D eigenvalue weighted by Crippen LogP contribution is 2.42. The van der Waals surface area contributed by atoms with Crippen LogP contribution in [0.3, 0.4) is 0 Å². The molecule has 2 aromatic carbocycles. The van der Waals surface area contributed by atoms with Crippen LogP contribution in [0.1, 0.15) is 33.5 Å². The first kappa shape index (κ1) is 35.2. The number of carbonyl (C=O) groups excluding carboxylic acids is 2. The Morgan fingerprint density at radius 1 is 1.10 bits per heavy atom. The first-order chi connectivity index (χ1) is 19.6. The van der Waals surface area contributed by atoms with Crippen molar-refractivity contribution in [1.29, 1.82) is 0 Å². The highest BCUT2D eigenvalue weighted by atomic mass is 127. The van der Waals surface area contributed by atoms with Crippen LogP contribution in [0, 0.1) is 6.92 Å². The van der Waals surface area contributed by atoms with E-state index in [9.17, 15) is 14.7 Å². The van der Waals surface area contributed by atoms with Gasteiger partial charge >= 0.3 is 5.97 Å². The first-order valence-electron chi connectivity index (χ1n) is 12.3. The van der Waals surface area contributed by atoms with Crippen LogP contribution in [0.15, 0.2) is 36.4 Å². The number of aliphatic hydroxyl groups is 2. The highest BCUT2D eigenvalue weighted by molar-refractivity contribution is 14.1. The second kappa shape index (κ2) is 17.8. The fraction of sp³-hybridized carbons (Fsp3) is 0.429. The molecule has 11 nitrogen and oxygen atoms in total. The predicted molar refractivity (Wildman–Crippen MR) is 167 cm³/mol. The summed E-state index contributed by atoms with van der Waals surface area (Å²) in [5.41, 5.74) is 3.00. The summed E-state index contributed by atoms with van der Waals surface area (Å²) in [5, 5.41) is 18.5. The van der Waals surface area contributed by atoms with E-state index in [1.54, 1.807) is 64.7 Å². The van der Waals surface area contributed by atoms with Crippen molar-refractivity contribution in [2.75, 3.05) is 35.0 Å². The fourth-order valence-corrected chi connectivity index (χ4v) is 5.11. The molecule has 3 rings (SSSR count). The molecule has 4 atom stereocenters. The zero-order valence-electron chi connectivity index (χ0n) is 23.3. The lowest BCUT2D eigenvalue weighted by Crippen LogP contribution is -2.50. The molecule has 2 aromatic rings. The van der Waals surface area contributed by atoms with Crippen molar-refractivity contribution in [3.05, 3.63) is 58.7 Å². The van der Waals surface area contributed by atoms with E-state index in [1.807, 2.05) is 24.3 Å². The number of methoxy groups -OCH3 is 4. The van der Waals surface area contributed by atoms with E-state index < -0.39 is 30.6 Å². The molecule has 0 saturated carbocycles. The number of esters is 1. The molecule has 0 radical (unpaired) electrons. The molecule has 0 aromatic heterocycles. The van der Waals surface area contributed by atoms with E-state index in [2.05, 4.69) is 4.74 Å². The van der Waals surface area contributed by atoms with Crippen molar-refractivity contribution >= 4 is 61.4 Å². The maximum Gasteiger partial charge on any atom is 0.330 e. The van der Waals surface area contributed by atoms with Crippen LogP contribution in [0.4, 0.5) is 0 Å². The maximum atomic E-state index is 11.8. The zero-order chi connectivity index (χ0) is 30.5. The Balaban J connectivity index is 0.000000377. The molecule has 0 aliphatic carbocycles. The SMILES string of the molecule is COC(=O)/C=C/c1ccc(COc2c(OC)cc(C(=O)I)c(C)c2OC)cc1.CO[C@@H]1C[C@@H](O)[C@H](OI)[C@@H](CO)O1. The molecule has 226 valence electrons.